The number of phenols is 1. The monoisotopic (exact) mass is 370 g/mol. The lowest BCUT2D eigenvalue weighted by Crippen LogP contribution is -2.31. The van der Waals surface area contributed by atoms with E-state index in [2.05, 4.69) is 0 Å². The first-order valence-corrected chi connectivity index (χ1v) is 8.85. The van der Waals surface area contributed by atoms with Gasteiger partial charge in [0.2, 0.25) is 0 Å². The molecule has 1 saturated heterocycles. The summed E-state index contributed by atoms with van der Waals surface area (Å²) >= 11 is 0. The van der Waals surface area contributed by atoms with E-state index in [1.54, 1.807) is 26.4 Å². The van der Waals surface area contributed by atoms with Gasteiger partial charge in [-0.15, -0.1) is 0 Å². The number of carbonyl (C=O) groups excluding carboxylic acids is 1. The zero-order valence-corrected chi connectivity index (χ0v) is 15.5. The van der Waals surface area contributed by atoms with E-state index in [0.717, 1.165) is 23.1 Å². The molecule has 27 heavy (non-hydrogen) atoms. The smallest absolute Gasteiger partial charge is 0.310 e. The van der Waals surface area contributed by atoms with E-state index in [1.165, 1.54) is 7.11 Å². The molecule has 1 fully saturated rings. The highest BCUT2D eigenvalue weighted by Gasteiger charge is 2.47. The van der Waals surface area contributed by atoms with Gasteiger partial charge in [0.15, 0.2) is 23.0 Å². The Bertz CT molecular complexity index is 890. The van der Waals surface area contributed by atoms with Crippen molar-refractivity contribution in [1.82, 2.24) is 0 Å². The van der Waals surface area contributed by atoms with Crippen molar-refractivity contribution in [2.45, 2.75) is 12.3 Å². The van der Waals surface area contributed by atoms with Gasteiger partial charge in [0.25, 0.3) is 0 Å². The fourth-order valence-corrected chi connectivity index (χ4v) is 4.33. The average Bonchev–Trinajstić information content (AvgIpc) is 3.06. The number of hydrogen-bond acceptors (Lipinski definition) is 6. The van der Waals surface area contributed by atoms with Crippen LogP contribution in [0.4, 0.5) is 0 Å². The highest BCUT2D eigenvalue weighted by Crippen LogP contribution is 2.50. The molecule has 2 aromatic carbocycles. The van der Waals surface area contributed by atoms with Crippen molar-refractivity contribution in [2.24, 2.45) is 11.8 Å². The van der Waals surface area contributed by atoms with Gasteiger partial charge >= 0.3 is 5.97 Å². The van der Waals surface area contributed by atoms with E-state index >= 15 is 0 Å². The summed E-state index contributed by atoms with van der Waals surface area (Å²) in [6, 6.07) is 9.14. The van der Waals surface area contributed by atoms with E-state index in [-0.39, 0.29) is 29.5 Å². The zero-order valence-electron chi connectivity index (χ0n) is 15.5. The number of benzene rings is 2. The van der Waals surface area contributed by atoms with Crippen molar-refractivity contribution in [1.29, 1.82) is 0 Å². The van der Waals surface area contributed by atoms with Crippen molar-refractivity contribution in [3.8, 4) is 23.0 Å². The van der Waals surface area contributed by atoms with Gasteiger partial charge in [-0.1, -0.05) is 6.07 Å². The Hall–Kier alpha value is -2.89. The minimum atomic E-state index is -0.273. The summed E-state index contributed by atoms with van der Waals surface area (Å²) in [7, 11) is 4.72. The Labute approximate surface area is 157 Å². The quantitative estimate of drug-likeness (QED) is 0.835. The molecule has 0 bridgehead atoms. The number of aromatic hydroxyl groups is 1. The van der Waals surface area contributed by atoms with Crippen LogP contribution in [-0.2, 0) is 16.0 Å². The standard InChI is InChI=1S/C21H22O6/c1-24-16-7-11(4-5-15(16)22)19-14-9-18(26-3)17(25-2)8-12(14)6-13-10-27-21(23)20(13)19/h4-5,7-9,13,19-20,22H,6,10H2,1-3H3/t13-,19?,20-/m1/s1. The normalized spacial score (nSPS) is 23.2. The van der Waals surface area contributed by atoms with Gasteiger partial charge in [0.05, 0.1) is 33.9 Å². The van der Waals surface area contributed by atoms with Crippen molar-refractivity contribution in [3.05, 3.63) is 47.0 Å². The average molecular weight is 370 g/mol. The van der Waals surface area contributed by atoms with Crippen molar-refractivity contribution in [3.63, 3.8) is 0 Å². The van der Waals surface area contributed by atoms with E-state index in [0.29, 0.717) is 23.9 Å². The Kier molecular flexibility index (Phi) is 4.34. The van der Waals surface area contributed by atoms with Gasteiger partial charge in [0, 0.05) is 11.8 Å². The number of phenolic OH excluding ortho intramolecular Hbond substituents is 1. The molecule has 1 N–H and O–H groups in total. The number of carbonyl (C=O) groups is 1. The van der Waals surface area contributed by atoms with Gasteiger partial charge in [-0.25, -0.2) is 0 Å². The Morgan fingerprint density at radius 1 is 1.00 bits per heavy atom. The van der Waals surface area contributed by atoms with Crippen molar-refractivity contribution >= 4 is 5.97 Å². The Balaban J connectivity index is 1.91. The van der Waals surface area contributed by atoms with Gasteiger partial charge < -0.3 is 24.1 Å². The molecule has 6 nitrogen and oxygen atoms in total. The van der Waals surface area contributed by atoms with Gasteiger partial charge in [-0.05, 0) is 47.4 Å². The molecule has 0 aromatic heterocycles. The summed E-state index contributed by atoms with van der Waals surface area (Å²) in [5.41, 5.74) is 3.02. The minimum absolute atomic E-state index is 0.0649. The van der Waals surface area contributed by atoms with Crippen molar-refractivity contribution < 1.29 is 28.8 Å². The SMILES string of the molecule is COc1cc(C2c3cc(OC)c(OC)cc3C[C@@H]3COC(=O)[C@@H]23)ccc1O. The third kappa shape index (κ3) is 2.76. The van der Waals surface area contributed by atoms with Crippen LogP contribution >= 0.6 is 0 Å². The molecule has 0 radical (unpaired) electrons. The lowest BCUT2D eigenvalue weighted by molar-refractivity contribution is -0.141. The number of fused-ring (bicyclic) bond motifs is 2. The highest BCUT2D eigenvalue weighted by molar-refractivity contribution is 5.78. The summed E-state index contributed by atoms with van der Waals surface area (Å²) in [6.45, 7) is 0.420. The summed E-state index contributed by atoms with van der Waals surface area (Å²) in [6.07, 6.45) is 0.748. The van der Waals surface area contributed by atoms with E-state index < -0.39 is 0 Å². The van der Waals surface area contributed by atoms with Crippen LogP contribution in [0.1, 0.15) is 22.6 Å². The van der Waals surface area contributed by atoms with Crippen LogP contribution in [0.2, 0.25) is 0 Å². The third-order valence-electron chi connectivity index (χ3n) is 5.60. The van der Waals surface area contributed by atoms with Gasteiger partial charge in [-0.3, -0.25) is 4.79 Å². The number of hydrogen-bond donors (Lipinski definition) is 1. The first-order chi connectivity index (χ1) is 13.1. The second-order valence-electron chi connectivity index (χ2n) is 6.93. The molecule has 1 unspecified atom stereocenters. The maximum absolute atomic E-state index is 12.5. The molecule has 2 aromatic rings. The van der Waals surface area contributed by atoms with Crippen LogP contribution in [0.25, 0.3) is 0 Å². The second-order valence-corrected chi connectivity index (χ2v) is 6.93. The molecule has 0 saturated carbocycles. The second kappa shape index (κ2) is 6.68. The molecule has 1 aliphatic heterocycles. The number of methoxy groups -OCH3 is 3. The van der Waals surface area contributed by atoms with Gasteiger partial charge in [-0.2, -0.15) is 0 Å². The minimum Gasteiger partial charge on any atom is -0.504 e. The molecular formula is C21H22O6. The maximum atomic E-state index is 12.5. The number of rotatable bonds is 4. The molecular weight excluding hydrogens is 348 g/mol. The van der Waals surface area contributed by atoms with Crippen LogP contribution in [0.15, 0.2) is 30.3 Å². The van der Waals surface area contributed by atoms with Crippen molar-refractivity contribution in [2.75, 3.05) is 27.9 Å². The number of cyclic esters (lactones) is 1. The highest BCUT2D eigenvalue weighted by atomic mass is 16.5. The topological polar surface area (TPSA) is 74.2 Å². The molecule has 4 rings (SSSR count). The van der Waals surface area contributed by atoms with E-state index in [9.17, 15) is 9.90 Å². The molecule has 1 heterocycles. The van der Waals surface area contributed by atoms with Gasteiger partial charge in [0.1, 0.15) is 0 Å². The third-order valence-corrected chi connectivity index (χ3v) is 5.60. The summed E-state index contributed by atoms with van der Waals surface area (Å²) in [5.74, 6) is 1.18. The number of ether oxygens (including phenoxy) is 4. The van der Waals surface area contributed by atoms with Crippen LogP contribution in [0.3, 0.4) is 0 Å². The lowest BCUT2D eigenvalue weighted by Gasteiger charge is -2.34. The Morgan fingerprint density at radius 2 is 1.70 bits per heavy atom. The lowest BCUT2D eigenvalue weighted by atomic mass is 9.67. The van der Waals surface area contributed by atoms with Crippen LogP contribution in [0, 0.1) is 11.8 Å². The Morgan fingerprint density at radius 3 is 2.41 bits per heavy atom. The zero-order chi connectivity index (χ0) is 19.1. The molecule has 0 spiro atoms. The summed E-state index contributed by atoms with van der Waals surface area (Å²) in [5, 5.41) is 9.97. The molecule has 6 heteroatoms. The first-order valence-electron chi connectivity index (χ1n) is 8.85. The maximum Gasteiger partial charge on any atom is 0.310 e. The van der Waals surface area contributed by atoms with Crippen LogP contribution in [0.5, 0.6) is 23.0 Å². The van der Waals surface area contributed by atoms with Crippen LogP contribution < -0.4 is 14.2 Å². The fraction of sp³-hybridized carbons (Fsp3) is 0.381. The molecule has 3 atom stereocenters. The predicted octanol–water partition coefficient (Wildman–Crippen LogP) is 2.90. The van der Waals surface area contributed by atoms with Crippen LogP contribution in [-0.4, -0.2) is 39.0 Å². The van der Waals surface area contributed by atoms with E-state index in [1.807, 2.05) is 18.2 Å². The van der Waals surface area contributed by atoms with E-state index in [4.69, 9.17) is 18.9 Å². The molecule has 142 valence electrons. The summed E-state index contributed by atoms with van der Waals surface area (Å²) < 4.78 is 21.6. The largest absolute Gasteiger partial charge is 0.504 e. The molecule has 1 aliphatic carbocycles. The fourth-order valence-electron chi connectivity index (χ4n) is 4.33. The first kappa shape index (κ1) is 17.5. The predicted molar refractivity (Wildman–Crippen MR) is 97.7 cm³/mol. The molecule has 2 aliphatic rings. The number of esters is 1. The molecule has 0 amide bonds. The summed E-state index contributed by atoms with van der Waals surface area (Å²) in [4.78, 5) is 12.5.